The van der Waals surface area contributed by atoms with Crippen LogP contribution in [-0.4, -0.2) is 32.0 Å². The predicted molar refractivity (Wildman–Crippen MR) is 90.9 cm³/mol. The van der Waals surface area contributed by atoms with Crippen molar-refractivity contribution in [1.29, 1.82) is 0 Å². The van der Waals surface area contributed by atoms with E-state index >= 15 is 0 Å². The number of benzene rings is 1. The van der Waals surface area contributed by atoms with E-state index in [-0.39, 0.29) is 5.60 Å². The Kier molecular flexibility index (Phi) is 4.37. The van der Waals surface area contributed by atoms with E-state index in [2.05, 4.69) is 17.6 Å². The van der Waals surface area contributed by atoms with Gasteiger partial charge in [0.2, 0.25) is 0 Å². The van der Waals surface area contributed by atoms with Crippen LogP contribution in [0.2, 0.25) is 0 Å². The quantitative estimate of drug-likeness (QED) is 0.916. The van der Waals surface area contributed by atoms with Gasteiger partial charge in [-0.3, -0.25) is 10.3 Å². The Morgan fingerprint density at radius 3 is 2.67 bits per heavy atom. The first-order valence-corrected chi connectivity index (χ1v) is 8.88. The minimum atomic E-state index is -0.236. The maximum Gasteiger partial charge on any atom is 0.162 e. The maximum atomic E-state index is 6.19. The van der Waals surface area contributed by atoms with Crippen LogP contribution in [0.25, 0.3) is 5.70 Å². The number of nitrogens with one attached hydrogen (secondary N) is 1. The Hall–Kier alpha value is -1.72. The lowest BCUT2D eigenvalue weighted by molar-refractivity contribution is -0.0955. The van der Waals surface area contributed by atoms with Crippen molar-refractivity contribution in [3.8, 4) is 11.5 Å². The molecule has 2 heterocycles. The molecule has 0 aromatic heterocycles. The first-order valence-electron chi connectivity index (χ1n) is 8.88. The van der Waals surface area contributed by atoms with Crippen LogP contribution in [0.5, 0.6) is 11.5 Å². The third-order valence-electron chi connectivity index (χ3n) is 5.18. The molecule has 4 rings (SSSR count). The molecule has 1 aromatic rings. The van der Waals surface area contributed by atoms with Gasteiger partial charge in [-0.05, 0) is 50.0 Å². The fourth-order valence-corrected chi connectivity index (χ4v) is 3.71. The summed E-state index contributed by atoms with van der Waals surface area (Å²) in [7, 11) is 1.68. The molecule has 3 aliphatic rings. The van der Waals surface area contributed by atoms with Crippen molar-refractivity contribution in [2.24, 2.45) is 0 Å². The molecular formula is C19H25NO4. The first-order chi connectivity index (χ1) is 11.8. The van der Waals surface area contributed by atoms with E-state index < -0.39 is 0 Å². The second-order valence-electron chi connectivity index (χ2n) is 6.83. The molecule has 0 bridgehead atoms. The Labute approximate surface area is 142 Å². The van der Waals surface area contributed by atoms with E-state index in [0.717, 1.165) is 61.7 Å². The molecule has 1 aromatic carbocycles. The smallest absolute Gasteiger partial charge is 0.162 e. The molecule has 1 N–H and O–H groups in total. The van der Waals surface area contributed by atoms with Gasteiger partial charge in [-0.2, -0.15) is 0 Å². The Balaban J connectivity index is 1.57. The van der Waals surface area contributed by atoms with E-state index in [1.807, 2.05) is 12.1 Å². The molecule has 5 heteroatoms. The summed E-state index contributed by atoms with van der Waals surface area (Å²) in [6.45, 7) is 1.48. The zero-order chi connectivity index (χ0) is 16.4. The van der Waals surface area contributed by atoms with Crippen LogP contribution in [0.15, 0.2) is 24.3 Å². The van der Waals surface area contributed by atoms with Crippen molar-refractivity contribution in [2.75, 3.05) is 20.3 Å². The number of hydrogen-bond donors (Lipinski definition) is 1. The molecule has 1 saturated carbocycles. The van der Waals surface area contributed by atoms with Gasteiger partial charge >= 0.3 is 0 Å². The second-order valence-corrected chi connectivity index (χ2v) is 6.83. The number of rotatable bonds is 4. The zero-order valence-corrected chi connectivity index (χ0v) is 14.2. The van der Waals surface area contributed by atoms with Crippen LogP contribution in [0.3, 0.4) is 0 Å². The van der Waals surface area contributed by atoms with Crippen LogP contribution in [0, 0.1) is 0 Å². The molecule has 1 spiro atoms. The van der Waals surface area contributed by atoms with Crippen LogP contribution >= 0.6 is 0 Å². The fourth-order valence-electron chi connectivity index (χ4n) is 3.71. The van der Waals surface area contributed by atoms with Gasteiger partial charge in [-0.15, -0.1) is 0 Å². The van der Waals surface area contributed by atoms with Crippen LogP contribution in [0.4, 0.5) is 0 Å². The van der Waals surface area contributed by atoms with Crippen molar-refractivity contribution >= 4 is 5.70 Å². The molecular weight excluding hydrogens is 306 g/mol. The highest BCUT2D eigenvalue weighted by atomic mass is 16.7. The van der Waals surface area contributed by atoms with Gasteiger partial charge in [-0.25, -0.2) is 0 Å². The molecule has 0 unspecified atom stereocenters. The van der Waals surface area contributed by atoms with Crippen molar-refractivity contribution < 1.29 is 19.0 Å². The summed E-state index contributed by atoms with van der Waals surface area (Å²) in [6.07, 6.45) is 9.00. The number of hydrogen-bond acceptors (Lipinski definition) is 5. The van der Waals surface area contributed by atoms with E-state index in [1.165, 1.54) is 12.8 Å². The van der Waals surface area contributed by atoms with Crippen molar-refractivity contribution in [2.45, 2.75) is 50.2 Å². The van der Waals surface area contributed by atoms with Gasteiger partial charge in [-0.1, -0.05) is 0 Å². The summed E-state index contributed by atoms with van der Waals surface area (Å²) in [5, 5.41) is 0. The predicted octanol–water partition coefficient (Wildman–Crippen LogP) is 3.44. The van der Waals surface area contributed by atoms with E-state index in [9.17, 15) is 0 Å². The summed E-state index contributed by atoms with van der Waals surface area (Å²) >= 11 is 0. The van der Waals surface area contributed by atoms with Gasteiger partial charge in [0.25, 0.3) is 0 Å². The van der Waals surface area contributed by atoms with Crippen LogP contribution in [-0.2, 0) is 9.57 Å². The number of ether oxygens (including phenoxy) is 3. The van der Waals surface area contributed by atoms with Crippen molar-refractivity contribution in [3.63, 3.8) is 0 Å². The molecule has 2 fully saturated rings. The lowest BCUT2D eigenvalue weighted by Gasteiger charge is -2.29. The average Bonchev–Trinajstić information content (AvgIpc) is 3.26. The summed E-state index contributed by atoms with van der Waals surface area (Å²) in [6, 6.07) is 6.07. The summed E-state index contributed by atoms with van der Waals surface area (Å²) in [4.78, 5) is 5.88. The van der Waals surface area contributed by atoms with E-state index in [4.69, 9.17) is 19.0 Å². The molecule has 0 atom stereocenters. The van der Waals surface area contributed by atoms with Crippen LogP contribution in [0.1, 0.15) is 44.1 Å². The molecule has 130 valence electrons. The molecule has 24 heavy (non-hydrogen) atoms. The molecule has 5 nitrogen and oxygen atoms in total. The van der Waals surface area contributed by atoms with E-state index in [1.54, 1.807) is 7.11 Å². The van der Waals surface area contributed by atoms with Gasteiger partial charge < -0.3 is 14.2 Å². The Bertz CT molecular complexity index is 616. The zero-order valence-electron chi connectivity index (χ0n) is 14.2. The third-order valence-corrected chi connectivity index (χ3v) is 5.18. The minimum absolute atomic E-state index is 0.236. The summed E-state index contributed by atoms with van der Waals surface area (Å²) in [5.74, 6) is 1.60. The normalized spacial score (nSPS) is 23.1. The lowest BCUT2D eigenvalue weighted by atomic mass is 9.93. The van der Waals surface area contributed by atoms with Gasteiger partial charge in [0.05, 0.1) is 18.9 Å². The highest BCUT2D eigenvalue weighted by molar-refractivity contribution is 5.68. The van der Waals surface area contributed by atoms with Gasteiger partial charge in [0.1, 0.15) is 5.60 Å². The highest BCUT2D eigenvalue weighted by Crippen LogP contribution is 2.37. The monoisotopic (exact) mass is 331 g/mol. The van der Waals surface area contributed by atoms with Crippen LogP contribution < -0.4 is 15.0 Å². The second kappa shape index (κ2) is 6.65. The van der Waals surface area contributed by atoms with Gasteiger partial charge in [0.15, 0.2) is 11.5 Å². The summed E-state index contributed by atoms with van der Waals surface area (Å²) in [5.41, 5.74) is 4.92. The largest absolute Gasteiger partial charge is 0.493 e. The standard InChI is InChI=1S/C19H25NO4/c1-21-17-7-6-14(12-18(17)23-15-4-2-3-5-15)16-13-19(24-20-16)8-10-22-11-9-19/h6-7,12-13,15,20H,2-5,8-11H2,1H3. The highest BCUT2D eigenvalue weighted by Gasteiger charge is 2.37. The molecule has 2 aliphatic heterocycles. The SMILES string of the molecule is COc1ccc(C2=CC3(CCOCC3)ON2)cc1OC1CCCC1. The Morgan fingerprint density at radius 2 is 1.92 bits per heavy atom. The topological polar surface area (TPSA) is 49.0 Å². The average molecular weight is 331 g/mol. The van der Waals surface area contributed by atoms with Crippen molar-refractivity contribution in [1.82, 2.24) is 5.48 Å². The molecule has 0 amide bonds. The Morgan fingerprint density at radius 1 is 1.12 bits per heavy atom. The fraction of sp³-hybridized carbons (Fsp3) is 0.579. The van der Waals surface area contributed by atoms with E-state index in [0.29, 0.717) is 6.10 Å². The molecule has 1 aliphatic carbocycles. The third kappa shape index (κ3) is 3.10. The molecule has 1 saturated heterocycles. The molecule has 0 radical (unpaired) electrons. The van der Waals surface area contributed by atoms with Crippen molar-refractivity contribution in [3.05, 3.63) is 29.8 Å². The minimum Gasteiger partial charge on any atom is -0.493 e. The number of methoxy groups -OCH3 is 1. The van der Waals surface area contributed by atoms with Gasteiger partial charge in [0, 0.05) is 31.6 Å². The number of hydroxylamine groups is 1. The summed E-state index contributed by atoms with van der Waals surface area (Å²) < 4.78 is 17.1. The maximum absolute atomic E-state index is 6.19. The lowest BCUT2D eigenvalue weighted by Crippen LogP contribution is -2.36. The first kappa shape index (κ1) is 15.8.